The predicted octanol–water partition coefficient (Wildman–Crippen LogP) is 0.448. The van der Waals surface area contributed by atoms with Crippen LogP contribution < -0.4 is 11.1 Å². The first-order valence-corrected chi connectivity index (χ1v) is 4.54. The zero-order chi connectivity index (χ0) is 9.26. The minimum absolute atomic E-state index is 0.0185. The Morgan fingerprint density at radius 3 is 3.15 bits per heavy atom. The molecule has 0 amide bonds. The molecule has 0 spiro atoms. The molecule has 2 rings (SSSR count). The fraction of sp³-hybridized carbons (Fsp3) is 0.400. The molecule has 1 atom stereocenters. The van der Waals surface area contributed by atoms with Crippen LogP contribution >= 0.6 is 0 Å². The van der Waals surface area contributed by atoms with E-state index in [0.717, 1.165) is 24.2 Å². The molecular weight excluding hydrogens is 164 g/mol. The van der Waals surface area contributed by atoms with Crippen molar-refractivity contribution in [2.75, 3.05) is 18.9 Å². The lowest BCUT2D eigenvalue weighted by molar-refractivity contribution is 0.240. The summed E-state index contributed by atoms with van der Waals surface area (Å²) in [6.45, 7) is 1.03. The lowest BCUT2D eigenvalue weighted by Gasteiger charge is -2.26. The minimum atomic E-state index is 0.0185. The average Bonchev–Trinajstić information content (AvgIpc) is 2.17. The van der Waals surface area contributed by atoms with Gasteiger partial charge in [-0.2, -0.15) is 0 Å². The first-order valence-electron chi connectivity index (χ1n) is 4.54. The number of benzene rings is 1. The van der Waals surface area contributed by atoms with Crippen molar-refractivity contribution < 1.29 is 5.11 Å². The van der Waals surface area contributed by atoms with Gasteiger partial charge in [-0.05, 0) is 30.2 Å². The van der Waals surface area contributed by atoms with E-state index in [4.69, 9.17) is 10.8 Å². The van der Waals surface area contributed by atoms with Gasteiger partial charge < -0.3 is 16.2 Å². The van der Waals surface area contributed by atoms with Crippen LogP contribution in [0.1, 0.15) is 17.2 Å². The van der Waals surface area contributed by atoms with E-state index in [1.54, 1.807) is 0 Å². The molecule has 3 nitrogen and oxygen atoms in total. The highest BCUT2D eigenvalue weighted by Crippen LogP contribution is 2.27. The smallest absolute Gasteiger partial charge is 0.0627 e. The lowest BCUT2D eigenvalue weighted by atomic mass is 9.93. The predicted molar refractivity (Wildman–Crippen MR) is 52.4 cm³/mol. The maximum Gasteiger partial charge on any atom is 0.0627 e. The third-order valence-electron chi connectivity index (χ3n) is 2.55. The van der Waals surface area contributed by atoms with Crippen LogP contribution in [0.3, 0.4) is 0 Å². The first kappa shape index (κ1) is 8.53. The Morgan fingerprint density at radius 2 is 2.38 bits per heavy atom. The van der Waals surface area contributed by atoms with Crippen LogP contribution in [0.5, 0.6) is 0 Å². The Balaban J connectivity index is 2.47. The molecule has 0 fully saturated rings. The zero-order valence-corrected chi connectivity index (χ0v) is 7.46. The van der Waals surface area contributed by atoms with Crippen LogP contribution in [-0.4, -0.2) is 18.3 Å². The van der Waals surface area contributed by atoms with Crippen molar-refractivity contribution in [3.05, 3.63) is 29.3 Å². The van der Waals surface area contributed by atoms with Crippen LogP contribution in [0, 0.1) is 0 Å². The number of anilines is 1. The fourth-order valence-electron chi connectivity index (χ4n) is 1.91. The van der Waals surface area contributed by atoms with Gasteiger partial charge in [-0.15, -0.1) is 0 Å². The van der Waals surface area contributed by atoms with Crippen molar-refractivity contribution in [2.24, 2.45) is 0 Å². The highest BCUT2D eigenvalue weighted by Gasteiger charge is 2.20. The number of nitrogens with two attached hydrogens (primary N) is 1. The summed E-state index contributed by atoms with van der Waals surface area (Å²) in [5.74, 6) is 0. The highest BCUT2D eigenvalue weighted by atomic mass is 16.3. The summed E-state index contributed by atoms with van der Waals surface area (Å²) in [5.41, 5.74) is 8.98. The van der Waals surface area contributed by atoms with E-state index >= 15 is 0 Å². The number of nitrogens with one attached hydrogen (secondary N) is 1. The molecule has 3 heteroatoms. The molecule has 13 heavy (non-hydrogen) atoms. The van der Waals surface area contributed by atoms with Crippen molar-refractivity contribution in [3.8, 4) is 0 Å². The van der Waals surface area contributed by atoms with E-state index in [1.165, 1.54) is 5.56 Å². The normalized spacial score (nSPS) is 21.2. The van der Waals surface area contributed by atoms with E-state index in [1.807, 2.05) is 12.1 Å². The number of hydrogen-bond acceptors (Lipinski definition) is 3. The SMILES string of the molecule is Nc1cccc2c1[C@H](CO)NCC2. The van der Waals surface area contributed by atoms with Gasteiger partial charge in [-0.25, -0.2) is 0 Å². The minimum Gasteiger partial charge on any atom is -0.398 e. The monoisotopic (exact) mass is 178 g/mol. The number of nitrogen functional groups attached to an aromatic ring is 1. The van der Waals surface area contributed by atoms with Gasteiger partial charge in [-0.3, -0.25) is 0 Å². The molecule has 1 aromatic rings. The van der Waals surface area contributed by atoms with Gasteiger partial charge in [-0.1, -0.05) is 12.1 Å². The summed E-state index contributed by atoms with van der Waals surface area (Å²) in [6, 6.07) is 5.95. The van der Waals surface area contributed by atoms with Crippen LogP contribution in [0.25, 0.3) is 0 Å². The number of hydrogen-bond donors (Lipinski definition) is 3. The Kier molecular flexibility index (Phi) is 2.20. The summed E-state index contributed by atoms with van der Waals surface area (Å²) in [4.78, 5) is 0. The molecular formula is C10H14N2O. The second-order valence-corrected chi connectivity index (χ2v) is 3.36. The number of aliphatic hydroxyl groups excluding tert-OH is 1. The van der Waals surface area contributed by atoms with Crippen LogP contribution in [0.15, 0.2) is 18.2 Å². The molecule has 70 valence electrons. The van der Waals surface area contributed by atoms with Gasteiger partial charge >= 0.3 is 0 Å². The average molecular weight is 178 g/mol. The standard InChI is InChI=1S/C10H14N2O/c11-8-3-1-2-7-4-5-12-9(6-13)10(7)8/h1-3,9,12-13H,4-6,11H2/t9-/m0/s1. The highest BCUT2D eigenvalue weighted by molar-refractivity contribution is 5.53. The number of fused-ring (bicyclic) bond motifs is 1. The molecule has 1 heterocycles. The van der Waals surface area contributed by atoms with Gasteiger partial charge in [0.05, 0.1) is 12.6 Å². The molecule has 1 aliphatic heterocycles. The molecule has 4 N–H and O–H groups in total. The molecule has 0 radical (unpaired) electrons. The van der Waals surface area contributed by atoms with E-state index in [0.29, 0.717) is 0 Å². The fourth-order valence-corrected chi connectivity index (χ4v) is 1.91. The summed E-state index contributed by atoms with van der Waals surface area (Å²) in [7, 11) is 0. The van der Waals surface area contributed by atoms with Crippen LogP contribution in [0.2, 0.25) is 0 Å². The van der Waals surface area contributed by atoms with Crippen LogP contribution in [0.4, 0.5) is 5.69 Å². The molecule has 1 aliphatic rings. The quantitative estimate of drug-likeness (QED) is 0.547. The zero-order valence-electron chi connectivity index (χ0n) is 7.46. The summed E-state index contributed by atoms with van der Waals surface area (Å²) in [6.07, 6.45) is 0.997. The number of aliphatic hydroxyl groups is 1. The third-order valence-corrected chi connectivity index (χ3v) is 2.55. The Labute approximate surface area is 77.6 Å². The topological polar surface area (TPSA) is 58.3 Å². The van der Waals surface area contributed by atoms with Crippen LogP contribution in [-0.2, 0) is 6.42 Å². The summed E-state index contributed by atoms with van der Waals surface area (Å²) < 4.78 is 0. The van der Waals surface area contributed by atoms with Crippen molar-refractivity contribution in [1.29, 1.82) is 0 Å². The van der Waals surface area contributed by atoms with Gasteiger partial charge in [0.2, 0.25) is 0 Å². The van der Waals surface area contributed by atoms with E-state index in [9.17, 15) is 0 Å². The summed E-state index contributed by atoms with van der Waals surface area (Å²) in [5, 5.41) is 12.4. The van der Waals surface area contributed by atoms with Gasteiger partial charge in [0.25, 0.3) is 0 Å². The van der Waals surface area contributed by atoms with Gasteiger partial charge in [0, 0.05) is 5.69 Å². The van der Waals surface area contributed by atoms with Gasteiger partial charge in [0.1, 0.15) is 0 Å². The molecule has 0 aliphatic carbocycles. The van der Waals surface area contributed by atoms with Crippen molar-refractivity contribution in [3.63, 3.8) is 0 Å². The van der Waals surface area contributed by atoms with Crippen molar-refractivity contribution in [2.45, 2.75) is 12.5 Å². The first-order chi connectivity index (χ1) is 6.33. The Morgan fingerprint density at radius 1 is 1.54 bits per heavy atom. The molecule has 0 bridgehead atoms. The second kappa shape index (κ2) is 3.36. The molecule has 0 aromatic heterocycles. The van der Waals surface area contributed by atoms with E-state index in [2.05, 4.69) is 11.4 Å². The van der Waals surface area contributed by atoms with Gasteiger partial charge in [0.15, 0.2) is 0 Å². The lowest BCUT2D eigenvalue weighted by Crippen LogP contribution is -2.32. The van der Waals surface area contributed by atoms with E-state index in [-0.39, 0.29) is 12.6 Å². The summed E-state index contributed by atoms with van der Waals surface area (Å²) >= 11 is 0. The van der Waals surface area contributed by atoms with Crippen molar-refractivity contribution >= 4 is 5.69 Å². The Hall–Kier alpha value is -1.06. The van der Waals surface area contributed by atoms with E-state index < -0.39 is 0 Å². The molecule has 0 saturated heterocycles. The Bertz CT molecular complexity index is 312. The largest absolute Gasteiger partial charge is 0.398 e. The second-order valence-electron chi connectivity index (χ2n) is 3.36. The maximum absolute atomic E-state index is 9.14. The molecule has 1 aromatic carbocycles. The molecule has 0 saturated carbocycles. The third kappa shape index (κ3) is 1.41. The number of rotatable bonds is 1. The maximum atomic E-state index is 9.14. The van der Waals surface area contributed by atoms with Crippen molar-refractivity contribution in [1.82, 2.24) is 5.32 Å². The molecule has 0 unspecified atom stereocenters.